The molecule has 0 saturated carbocycles. The van der Waals surface area contributed by atoms with Crippen molar-refractivity contribution in [2.75, 3.05) is 0 Å². The van der Waals surface area contributed by atoms with Crippen molar-refractivity contribution in [3.8, 4) is 0 Å². The largest absolute Gasteiger partial charge is 0.304 e. The third kappa shape index (κ3) is 3.68. The van der Waals surface area contributed by atoms with Crippen LogP contribution >= 0.6 is 11.3 Å². The summed E-state index contributed by atoms with van der Waals surface area (Å²) in [6.07, 6.45) is 0. The van der Waals surface area contributed by atoms with Crippen LogP contribution in [0.1, 0.15) is 46.8 Å². The van der Waals surface area contributed by atoms with E-state index in [2.05, 4.69) is 39.1 Å². The highest BCUT2D eigenvalue weighted by Crippen LogP contribution is 2.28. The summed E-state index contributed by atoms with van der Waals surface area (Å²) >= 11 is 1.81. The molecule has 112 valence electrons. The quantitative estimate of drug-likeness (QED) is 0.644. The number of non-ortho nitro benzene ring substituents is 1. The van der Waals surface area contributed by atoms with Gasteiger partial charge in [-0.2, -0.15) is 0 Å². The Bertz CT molecular complexity index is 634. The molecule has 0 fully saturated rings. The predicted molar refractivity (Wildman–Crippen MR) is 86.9 cm³/mol. The van der Waals surface area contributed by atoms with E-state index in [-0.39, 0.29) is 22.7 Å². The molecular weight excluding hydrogens is 284 g/mol. The van der Waals surface area contributed by atoms with Crippen LogP contribution in [-0.2, 0) is 0 Å². The normalized spacial score (nSPS) is 13.9. The van der Waals surface area contributed by atoms with Gasteiger partial charge in [-0.15, -0.1) is 11.3 Å². The first-order valence-electron chi connectivity index (χ1n) is 6.96. The third-order valence-corrected chi connectivity index (χ3v) is 4.63. The summed E-state index contributed by atoms with van der Waals surface area (Å²) in [4.78, 5) is 13.0. The monoisotopic (exact) mass is 304 g/mol. The molecule has 1 N–H and O–H groups in total. The van der Waals surface area contributed by atoms with E-state index in [0.717, 1.165) is 5.56 Å². The highest BCUT2D eigenvalue weighted by atomic mass is 32.1. The average Bonchev–Trinajstić information content (AvgIpc) is 2.77. The van der Waals surface area contributed by atoms with Gasteiger partial charge in [-0.1, -0.05) is 12.1 Å². The summed E-state index contributed by atoms with van der Waals surface area (Å²) in [7, 11) is 0. The van der Waals surface area contributed by atoms with E-state index in [1.165, 1.54) is 15.3 Å². The van der Waals surface area contributed by atoms with Crippen molar-refractivity contribution in [3.05, 3.63) is 61.3 Å². The lowest BCUT2D eigenvalue weighted by molar-refractivity contribution is -0.384. The molecular formula is C16H20N2O2S. The Morgan fingerprint density at radius 1 is 1.14 bits per heavy atom. The van der Waals surface area contributed by atoms with Crippen LogP contribution in [0.15, 0.2) is 30.3 Å². The molecule has 0 spiro atoms. The Morgan fingerprint density at radius 2 is 1.76 bits per heavy atom. The van der Waals surface area contributed by atoms with E-state index in [4.69, 9.17) is 0 Å². The fourth-order valence-corrected chi connectivity index (χ4v) is 3.55. The van der Waals surface area contributed by atoms with Crippen molar-refractivity contribution < 1.29 is 4.92 Å². The topological polar surface area (TPSA) is 55.2 Å². The molecule has 5 heteroatoms. The Kier molecular flexibility index (Phi) is 4.75. The van der Waals surface area contributed by atoms with Gasteiger partial charge in [0.2, 0.25) is 0 Å². The number of nitrogens with zero attached hydrogens (tertiary/aromatic N) is 1. The van der Waals surface area contributed by atoms with Crippen LogP contribution in [0.25, 0.3) is 0 Å². The van der Waals surface area contributed by atoms with E-state index in [9.17, 15) is 10.1 Å². The van der Waals surface area contributed by atoms with Crippen LogP contribution in [-0.4, -0.2) is 4.92 Å². The molecule has 0 aliphatic carbocycles. The molecule has 0 bridgehead atoms. The highest BCUT2D eigenvalue weighted by Gasteiger charge is 2.15. The van der Waals surface area contributed by atoms with Crippen LogP contribution in [0.4, 0.5) is 5.69 Å². The second kappa shape index (κ2) is 6.37. The van der Waals surface area contributed by atoms with Gasteiger partial charge in [-0.25, -0.2) is 0 Å². The second-order valence-corrected chi connectivity index (χ2v) is 6.79. The minimum atomic E-state index is -0.373. The maximum atomic E-state index is 10.7. The molecule has 0 saturated heterocycles. The maximum absolute atomic E-state index is 10.7. The van der Waals surface area contributed by atoms with Crippen molar-refractivity contribution in [2.45, 2.75) is 39.8 Å². The summed E-state index contributed by atoms with van der Waals surface area (Å²) < 4.78 is 0. The summed E-state index contributed by atoms with van der Waals surface area (Å²) in [6, 6.07) is 9.35. The molecule has 21 heavy (non-hydrogen) atoms. The van der Waals surface area contributed by atoms with Crippen LogP contribution in [0.2, 0.25) is 0 Å². The third-order valence-electron chi connectivity index (χ3n) is 3.65. The van der Waals surface area contributed by atoms with Crippen LogP contribution in [0.3, 0.4) is 0 Å². The molecule has 2 aromatic rings. The molecule has 0 radical (unpaired) electrons. The van der Waals surface area contributed by atoms with Gasteiger partial charge in [0.25, 0.3) is 5.69 Å². The van der Waals surface area contributed by atoms with Gasteiger partial charge < -0.3 is 5.32 Å². The predicted octanol–water partition coefficient (Wildman–Crippen LogP) is 4.68. The molecule has 0 aliphatic heterocycles. The molecule has 1 aromatic heterocycles. The highest BCUT2D eigenvalue weighted by molar-refractivity contribution is 7.12. The number of benzene rings is 1. The summed E-state index contributed by atoms with van der Waals surface area (Å²) in [5, 5.41) is 14.2. The first-order valence-corrected chi connectivity index (χ1v) is 7.77. The number of thiophene rings is 1. The minimum absolute atomic E-state index is 0.128. The van der Waals surface area contributed by atoms with Gasteiger partial charge >= 0.3 is 0 Å². The smallest absolute Gasteiger partial charge is 0.269 e. The number of aryl methyl sites for hydroxylation is 2. The van der Waals surface area contributed by atoms with Gasteiger partial charge in [0.15, 0.2) is 0 Å². The van der Waals surface area contributed by atoms with Crippen LogP contribution in [0.5, 0.6) is 0 Å². The van der Waals surface area contributed by atoms with E-state index >= 15 is 0 Å². The Labute approximate surface area is 129 Å². The maximum Gasteiger partial charge on any atom is 0.269 e. The number of rotatable bonds is 5. The van der Waals surface area contributed by atoms with Gasteiger partial charge in [0.1, 0.15) is 0 Å². The number of hydrogen-bond donors (Lipinski definition) is 1. The number of hydrogen-bond acceptors (Lipinski definition) is 4. The lowest BCUT2D eigenvalue weighted by Gasteiger charge is -2.20. The van der Waals surface area contributed by atoms with E-state index in [1.54, 1.807) is 12.1 Å². The minimum Gasteiger partial charge on any atom is -0.304 e. The Hall–Kier alpha value is -1.72. The Morgan fingerprint density at radius 3 is 2.24 bits per heavy atom. The number of nitro benzene ring substituents is 1. The molecule has 1 aromatic carbocycles. The molecule has 2 atom stereocenters. The lowest BCUT2D eigenvalue weighted by Crippen LogP contribution is -2.22. The Balaban J connectivity index is 2.08. The summed E-state index contributed by atoms with van der Waals surface area (Å²) in [5.74, 6) is 0. The first kappa shape index (κ1) is 15.7. The molecule has 4 nitrogen and oxygen atoms in total. The lowest BCUT2D eigenvalue weighted by atomic mass is 10.0. The molecule has 2 unspecified atom stereocenters. The molecule has 0 aliphatic rings. The van der Waals surface area contributed by atoms with E-state index in [1.807, 2.05) is 23.5 Å². The van der Waals surface area contributed by atoms with Crippen molar-refractivity contribution >= 4 is 17.0 Å². The van der Waals surface area contributed by atoms with Crippen LogP contribution < -0.4 is 5.32 Å². The fourth-order valence-electron chi connectivity index (χ4n) is 2.53. The molecule has 0 amide bonds. The fraction of sp³-hybridized carbons (Fsp3) is 0.375. The summed E-state index contributed by atoms with van der Waals surface area (Å²) in [6.45, 7) is 8.48. The van der Waals surface area contributed by atoms with Crippen molar-refractivity contribution in [3.63, 3.8) is 0 Å². The zero-order chi connectivity index (χ0) is 15.6. The second-order valence-electron chi connectivity index (χ2n) is 5.33. The molecule has 2 rings (SSSR count). The van der Waals surface area contributed by atoms with Gasteiger partial charge in [-0.05, 0) is 44.9 Å². The SMILES string of the molecule is Cc1cc(C(C)NC(C)c2ccc([N+](=O)[O-])cc2)c(C)s1. The first-order chi connectivity index (χ1) is 9.88. The summed E-state index contributed by atoms with van der Waals surface area (Å²) in [5.41, 5.74) is 2.51. The van der Waals surface area contributed by atoms with Gasteiger partial charge in [0, 0.05) is 34.0 Å². The standard InChI is InChI=1S/C16H20N2O2S/c1-10-9-16(13(4)21-10)12(3)17-11(2)14-5-7-15(8-6-14)18(19)20/h5-9,11-12,17H,1-4H3. The van der Waals surface area contributed by atoms with E-state index < -0.39 is 0 Å². The van der Waals surface area contributed by atoms with Crippen LogP contribution in [0, 0.1) is 24.0 Å². The number of nitro groups is 1. The van der Waals surface area contributed by atoms with E-state index in [0.29, 0.717) is 0 Å². The zero-order valence-corrected chi connectivity index (χ0v) is 13.5. The van der Waals surface area contributed by atoms with Crippen molar-refractivity contribution in [2.24, 2.45) is 0 Å². The molecule has 1 heterocycles. The van der Waals surface area contributed by atoms with Gasteiger partial charge in [0.05, 0.1) is 4.92 Å². The number of nitrogens with one attached hydrogen (secondary N) is 1. The zero-order valence-electron chi connectivity index (χ0n) is 12.7. The average molecular weight is 304 g/mol. The van der Waals surface area contributed by atoms with Gasteiger partial charge in [-0.3, -0.25) is 10.1 Å². The van der Waals surface area contributed by atoms with Crippen molar-refractivity contribution in [1.29, 1.82) is 0 Å². The van der Waals surface area contributed by atoms with Crippen molar-refractivity contribution in [1.82, 2.24) is 5.32 Å².